The predicted molar refractivity (Wildman–Crippen MR) is 73.1 cm³/mol. The Morgan fingerprint density at radius 1 is 1.26 bits per heavy atom. The van der Waals surface area contributed by atoms with Gasteiger partial charge in [0.15, 0.2) is 0 Å². The number of H-pyrrole nitrogens is 1. The zero-order chi connectivity index (χ0) is 13.2. The predicted octanol–water partition coefficient (Wildman–Crippen LogP) is 2.62. The van der Waals surface area contributed by atoms with E-state index in [2.05, 4.69) is 15.3 Å². The Balaban J connectivity index is 1.64. The number of nitrogens with zero attached hydrogens (tertiary/aromatic N) is 1. The molecule has 0 unspecified atom stereocenters. The zero-order valence-electron chi connectivity index (χ0n) is 10.6. The number of aromatic nitrogens is 2. The monoisotopic (exact) mass is 259 g/mol. The molecule has 19 heavy (non-hydrogen) atoms. The van der Waals surface area contributed by atoms with Gasteiger partial charge in [0, 0.05) is 6.04 Å². The van der Waals surface area contributed by atoms with E-state index in [1.54, 1.807) is 0 Å². The molecule has 0 aliphatic heterocycles. The van der Waals surface area contributed by atoms with Crippen LogP contribution in [0.15, 0.2) is 24.3 Å². The molecule has 0 saturated heterocycles. The van der Waals surface area contributed by atoms with Gasteiger partial charge in [-0.25, -0.2) is 4.98 Å². The summed E-state index contributed by atoms with van der Waals surface area (Å²) in [6, 6.07) is 8.22. The Bertz CT molecular complexity index is 552. The minimum absolute atomic E-state index is 0.172. The van der Waals surface area contributed by atoms with E-state index in [9.17, 15) is 4.79 Å². The van der Waals surface area contributed by atoms with Crippen LogP contribution in [-0.4, -0.2) is 27.1 Å². The van der Waals surface area contributed by atoms with Crippen LogP contribution in [0.25, 0.3) is 11.0 Å². The SMILES string of the molecule is O=C(O)[C@H]1CC[C@H](Nc2nc3ccccc3[nH]2)CC1. The largest absolute Gasteiger partial charge is 0.481 e. The maximum Gasteiger partial charge on any atom is 0.306 e. The summed E-state index contributed by atoms with van der Waals surface area (Å²) in [4.78, 5) is 18.6. The van der Waals surface area contributed by atoms with Crippen molar-refractivity contribution in [1.82, 2.24) is 9.97 Å². The third kappa shape index (κ3) is 2.54. The molecular formula is C14H17N3O2. The standard InChI is InChI=1S/C14H17N3O2/c18-13(19)9-5-7-10(8-6-9)15-14-16-11-3-1-2-4-12(11)17-14/h1-4,9-10H,5-8H2,(H,18,19)(H2,15,16,17)/t9-,10-. The molecule has 1 aliphatic carbocycles. The van der Waals surface area contributed by atoms with Crippen molar-refractivity contribution < 1.29 is 9.90 Å². The van der Waals surface area contributed by atoms with Crippen LogP contribution in [0, 0.1) is 5.92 Å². The molecule has 0 atom stereocenters. The number of benzene rings is 1. The molecule has 0 amide bonds. The summed E-state index contributed by atoms with van der Waals surface area (Å²) in [5.74, 6) is -0.0594. The van der Waals surface area contributed by atoms with Crippen molar-refractivity contribution in [3.63, 3.8) is 0 Å². The number of hydrogen-bond donors (Lipinski definition) is 3. The van der Waals surface area contributed by atoms with E-state index in [1.807, 2.05) is 24.3 Å². The smallest absolute Gasteiger partial charge is 0.306 e. The number of aliphatic carboxylic acids is 1. The molecule has 5 heteroatoms. The molecule has 1 aliphatic rings. The molecule has 3 N–H and O–H groups in total. The molecule has 0 bridgehead atoms. The van der Waals surface area contributed by atoms with Crippen molar-refractivity contribution in [2.24, 2.45) is 5.92 Å². The minimum atomic E-state index is -0.665. The van der Waals surface area contributed by atoms with E-state index in [1.165, 1.54) is 0 Å². The minimum Gasteiger partial charge on any atom is -0.481 e. The van der Waals surface area contributed by atoms with Crippen molar-refractivity contribution in [2.45, 2.75) is 31.7 Å². The number of nitrogens with one attached hydrogen (secondary N) is 2. The highest BCUT2D eigenvalue weighted by Crippen LogP contribution is 2.26. The molecule has 1 aromatic heterocycles. The first-order valence-corrected chi connectivity index (χ1v) is 6.66. The first kappa shape index (κ1) is 12.0. The van der Waals surface area contributed by atoms with Crippen LogP contribution in [0.4, 0.5) is 5.95 Å². The lowest BCUT2D eigenvalue weighted by molar-refractivity contribution is -0.142. The Kier molecular flexibility index (Phi) is 3.11. The Morgan fingerprint density at radius 2 is 2.00 bits per heavy atom. The van der Waals surface area contributed by atoms with Crippen LogP contribution in [-0.2, 0) is 4.79 Å². The van der Waals surface area contributed by atoms with Crippen molar-refractivity contribution in [1.29, 1.82) is 0 Å². The van der Waals surface area contributed by atoms with Gasteiger partial charge in [-0.2, -0.15) is 0 Å². The van der Waals surface area contributed by atoms with Gasteiger partial charge < -0.3 is 15.4 Å². The molecule has 1 saturated carbocycles. The van der Waals surface area contributed by atoms with Crippen molar-refractivity contribution in [3.05, 3.63) is 24.3 Å². The van der Waals surface area contributed by atoms with Gasteiger partial charge >= 0.3 is 5.97 Å². The topological polar surface area (TPSA) is 78.0 Å². The highest BCUT2D eigenvalue weighted by atomic mass is 16.4. The third-order valence-electron chi connectivity index (χ3n) is 3.81. The number of fused-ring (bicyclic) bond motifs is 1. The van der Waals surface area contributed by atoms with E-state index in [0.29, 0.717) is 6.04 Å². The van der Waals surface area contributed by atoms with E-state index in [0.717, 1.165) is 42.7 Å². The summed E-state index contributed by atoms with van der Waals surface area (Å²) in [5, 5.41) is 12.3. The summed E-state index contributed by atoms with van der Waals surface area (Å²) >= 11 is 0. The lowest BCUT2D eigenvalue weighted by Crippen LogP contribution is -2.29. The average Bonchev–Trinajstić information content (AvgIpc) is 2.81. The summed E-state index contributed by atoms with van der Waals surface area (Å²) in [6.45, 7) is 0. The first-order chi connectivity index (χ1) is 9.22. The van der Waals surface area contributed by atoms with Gasteiger partial charge in [-0.3, -0.25) is 4.79 Å². The highest BCUT2D eigenvalue weighted by molar-refractivity contribution is 5.77. The van der Waals surface area contributed by atoms with Gasteiger partial charge in [0.2, 0.25) is 5.95 Å². The fourth-order valence-electron chi connectivity index (χ4n) is 2.70. The number of rotatable bonds is 3. The lowest BCUT2D eigenvalue weighted by Gasteiger charge is -2.26. The van der Waals surface area contributed by atoms with Crippen molar-refractivity contribution in [2.75, 3.05) is 5.32 Å². The second kappa shape index (κ2) is 4.91. The Hall–Kier alpha value is -2.04. The molecule has 5 nitrogen and oxygen atoms in total. The molecule has 3 rings (SSSR count). The van der Waals surface area contributed by atoms with Gasteiger partial charge in [-0.05, 0) is 37.8 Å². The zero-order valence-corrected chi connectivity index (χ0v) is 10.6. The molecule has 2 aromatic rings. The van der Waals surface area contributed by atoms with Crippen molar-refractivity contribution >= 4 is 23.0 Å². The first-order valence-electron chi connectivity index (χ1n) is 6.66. The number of carboxylic acid groups (broad SMARTS) is 1. The fourth-order valence-corrected chi connectivity index (χ4v) is 2.70. The lowest BCUT2D eigenvalue weighted by atomic mass is 9.86. The van der Waals surface area contributed by atoms with Gasteiger partial charge in [0.25, 0.3) is 0 Å². The van der Waals surface area contributed by atoms with Gasteiger partial charge in [-0.15, -0.1) is 0 Å². The number of carbonyl (C=O) groups is 1. The van der Waals surface area contributed by atoms with Crippen LogP contribution in [0.2, 0.25) is 0 Å². The van der Waals surface area contributed by atoms with Gasteiger partial charge in [0.1, 0.15) is 0 Å². The number of anilines is 1. The second-order valence-corrected chi connectivity index (χ2v) is 5.13. The number of aromatic amines is 1. The third-order valence-corrected chi connectivity index (χ3v) is 3.81. The maximum absolute atomic E-state index is 10.9. The van der Waals surface area contributed by atoms with Crippen LogP contribution < -0.4 is 5.32 Å². The molecular weight excluding hydrogens is 242 g/mol. The summed E-state index contributed by atoms with van der Waals surface area (Å²) in [6.07, 6.45) is 3.25. The van der Waals surface area contributed by atoms with E-state index in [4.69, 9.17) is 5.11 Å². The second-order valence-electron chi connectivity index (χ2n) is 5.13. The van der Waals surface area contributed by atoms with E-state index >= 15 is 0 Å². The van der Waals surface area contributed by atoms with Gasteiger partial charge in [0.05, 0.1) is 17.0 Å². The molecule has 0 spiro atoms. The normalized spacial score (nSPS) is 23.4. The number of para-hydroxylation sites is 2. The fraction of sp³-hybridized carbons (Fsp3) is 0.429. The van der Waals surface area contributed by atoms with Crippen LogP contribution in [0.1, 0.15) is 25.7 Å². The molecule has 1 heterocycles. The summed E-state index contributed by atoms with van der Waals surface area (Å²) in [5.41, 5.74) is 1.97. The summed E-state index contributed by atoms with van der Waals surface area (Å²) < 4.78 is 0. The van der Waals surface area contributed by atoms with E-state index < -0.39 is 5.97 Å². The van der Waals surface area contributed by atoms with E-state index in [-0.39, 0.29) is 5.92 Å². The van der Waals surface area contributed by atoms with Crippen LogP contribution in [0.3, 0.4) is 0 Å². The molecule has 100 valence electrons. The summed E-state index contributed by atoms with van der Waals surface area (Å²) in [7, 11) is 0. The maximum atomic E-state index is 10.9. The quantitative estimate of drug-likeness (QED) is 0.791. The molecule has 1 aromatic carbocycles. The Morgan fingerprint density at radius 3 is 2.68 bits per heavy atom. The molecule has 1 fully saturated rings. The van der Waals surface area contributed by atoms with Crippen molar-refractivity contribution in [3.8, 4) is 0 Å². The highest BCUT2D eigenvalue weighted by Gasteiger charge is 2.26. The Labute approximate surface area is 111 Å². The van der Waals surface area contributed by atoms with Crippen LogP contribution in [0.5, 0.6) is 0 Å². The molecule has 0 radical (unpaired) electrons. The van der Waals surface area contributed by atoms with Gasteiger partial charge in [-0.1, -0.05) is 12.1 Å². The number of hydrogen-bond acceptors (Lipinski definition) is 3. The average molecular weight is 259 g/mol. The number of carboxylic acids is 1. The van der Waals surface area contributed by atoms with Crippen LogP contribution >= 0.6 is 0 Å². The number of imidazole rings is 1.